The van der Waals surface area contributed by atoms with E-state index >= 15 is 0 Å². The Labute approximate surface area is 89.7 Å². The van der Waals surface area contributed by atoms with Crippen molar-refractivity contribution >= 4 is 31.3 Å². The highest BCUT2D eigenvalue weighted by atomic mass is 35.7. The molecule has 0 amide bonds. The minimum Gasteiger partial charge on any atom is -0.506 e. The van der Waals surface area contributed by atoms with Crippen molar-refractivity contribution in [3.05, 3.63) is 22.7 Å². The second-order valence-electron chi connectivity index (χ2n) is 2.32. The molecular formula is C7H3Cl2NO3S. The Balaban J connectivity index is 3.66. The van der Waals surface area contributed by atoms with Crippen molar-refractivity contribution in [3.63, 3.8) is 0 Å². The van der Waals surface area contributed by atoms with Gasteiger partial charge in [-0.05, 0) is 12.1 Å². The predicted molar refractivity (Wildman–Crippen MR) is 50.9 cm³/mol. The van der Waals surface area contributed by atoms with E-state index in [2.05, 4.69) is 0 Å². The van der Waals surface area contributed by atoms with Gasteiger partial charge in [0.1, 0.15) is 21.7 Å². The topological polar surface area (TPSA) is 78.2 Å². The quantitative estimate of drug-likeness (QED) is 0.773. The molecule has 0 heterocycles. The summed E-state index contributed by atoms with van der Waals surface area (Å²) in [7, 11) is 1.02. The van der Waals surface area contributed by atoms with Crippen LogP contribution in [0.3, 0.4) is 0 Å². The zero-order chi connectivity index (χ0) is 10.9. The molecule has 1 aromatic rings. The van der Waals surface area contributed by atoms with Crippen LogP contribution in [-0.2, 0) is 9.05 Å². The molecule has 0 aromatic heterocycles. The minimum atomic E-state index is -4.03. The fourth-order valence-electron chi connectivity index (χ4n) is 0.855. The molecule has 1 N–H and O–H groups in total. The molecule has 0 aliphatic heterocycles. The molecule has 0 spiro atoms. The van der Waals surface area contributed by atoms with Gasteiger partial charge in [0.2, 0.25) is 0 Å². The maximum absolute atomic E-state index is 11.0. The summed E-state index contributed by atoms with van der Waals surface area (Å²) in [4.78, 5) is -0.413. The zero-order valence-electron chi connectivity index (χ0n) is 6.53. The zero-order valence-corrected chi connectivity index (χ0v) is 8.86. The normalized spacial score (nSPS) is 10.9. The Morgan fingerprint density at radius 1 is 1.43 bits per heavy atom. The maximum atomic E-state index is 11.0. The third-order valence-corrected chi connectivity index (χ3v) is 3.20. The van der Waals surface area contributed by atoms with Gasteiger partial charge in [0.05, 0.1) is 5.56 Å². The van der Waals surface area contributed by atoms with Crippen molar-refractivity contribution in [3.8, 4) is 11.8 Å². The molecule has 1 rings (SSSR count). The SMILES string of the molecule is N#Cc1c(S(=O)(=O)Cl)ccc(O)c1Cl. The summed E-state index contributed by atoms with van der Waals surface area (Å²) in [6.45, 7) is 0. The van der Waals surface area contributed by atoms with E-state index in [-0.39, 0.29) is 16.3 Å². The van der Waals surface area contributed by atoms with Gasteiger partial charge in [-0.1, -0.05) is 11.6 Å². The Kier molecular flexibility index (Phi) is 2.90. The summed E-state index contributed by atoms with van der Waals surface area (Å²) in [6, 6.07) is 3.63. The van der Waals surface area contributed by atoms with Crippen molar-refractivity contribution in [1.29, 1.82) is 5.26 Å². The first-order chi connectivity index (χ1) is 6.38. The number of hydrogen-bond donors (Lipinski definition) is 1. The van der Waals surface area contributed by atoms with Crippen LogP contribution in [-0.4, -0.2) is 13.5 Å². The summed E-state index contributed by atoms with van der Waals surface area (Å²) in [6.07, 6.45) is 0. The Morgan fingerprint density at radius 2 is 2.00 bits per heavy atom. The van der Waals surface area contributed by atoms with E-state index in [9.17, 15) is 8.42 Å². The van der Waals surface area contributed by atoms with Gasteiger partial charge in [0, 0.05) is 10.7 Å². The summed E-state index contributed by atoms with van der Waals surface area (Å²) in [5.74, 6) is -0.368. The smallest absolute Gasteiger partial charge is 0.262 e. The van der Waals surface area contributed by atoms with Crippen LogP contribution >= 0.6 is 22.3 Å². The predicted octanol–water partition coefficient (Wildman–Crippen LogP) is 1.84. The molecule has 0 saturated carbocycles. The number of rotatable bonds is 1. The summed E-state index contributed by atoms with van der Waals surface area (Å²) in [5, 5.41) is 17.4. The molecule has 0 fully saturated rings. The number of nitrogens with zero attached hydrogens (tertiary/aromatic N) is 1. The number of phenolic OH excluding ortho intramolecular Hbond substituents is 1. The second-order valence-corrected chi connectivity index (χ2v) is 5.23. The summed E-state index contributed by atoms with van der Waals surface area (Å²) < 4.78 is 21.9. The number of halogens is 2. The van der Waals surface area contributed by atoms with E-state index in [1.54, 1.807) is 6.07 Å². The molecule has 0 bridgehead atoms. The van der Waals surface area contributed by atoms with Crippen molar-refractivity contribution in [2.75, 3.05) is 0 Å². The lowest BCUT2D eigenvalue weighted by atomic mass is 10.2. The molecule has 0 aliphatic carbocycles. The maximum Gasteiger partial charge on any atom is 0.262 e. The minimum absolute atomic E-state index is 0.325. The van der Waals surface area contributed by atoms with E-state index < -0.39 is 13.9 Å². The van der Waals surface area contributed by atoms with Gasteiger partial charge < -0.3 is 5.11 Å². The molecule has 0 unspecified atom stereocenters. The molecule has 0 atom stereocenters. The number of phenols is 1. The van der Waals surface area contributed by atoms with Gasteiger partial charge in [-0.3, -0.25) is 0 Å². The lowest BCUT2D eigenvalue weighted by Gasteiger charge is -2.02. The largest absolute Gasteiger partial charge is 0.506 e. The van der Waals surface area contributed by atoms with Crippen LogP contribution in [0.5, 0.6) is 5.75 Å². The van der Waals surface area contributed by atoms with Gasteiger partial charge in [-0.15, -0.1) is 0 Å². The third-order valence-electron chi connectivity index (χ3n) is 1.46. The van der Waals surface area contributed by atoms with E-state index in [0.29, 0.717) is 0 Å². The number of hydrogen-bond acceptors (Lipinski definition) is 4. The first-order valence-electron chi connectivity index (χ1n) is 3.24. The molecular weight excluding hydrogens is 249 g/mol. The summed E-state index contributed by atoms with van der Waals surface area (Å²) >= 11 is 5.51. The van der Waals surface area contributed by atoms with Crippen molar-refractivity contribution < 1.29 is 13.5 Å². The van der Waals surface area contributed by atoms with Crippen LogP contribution in [0.1, 0.15) is 5.56 Å². The standard InChI is InChI=1S/C7H3Cl2NO3S/c8-7-4(3-10)6(14(9,12)13)2-1-5(7)11/h1-2,11H. The summed E-state index contributed by atoms with van der Waals surface area (Å²) in [5.41, 5.74) is -0.360. The fourth-order valence-corrected chi connectivity index (χ4v) is 2.13. The number of aromatic hydroxyl groups is 1. The van der Waals surface area contributed by atoms with Gasteiger partial charge in [-0.25, -0.2) is 8.42 Å². The first kappa shape index (κ1) is 11.1. The molecule has 14 heavy (non-hydrogen) atoms. The fraction of sp³-hybridized carbons (Fsp3) is 0. The molecule has 0 aliphatic rings. The molecule has 7 heteroatoms. The highest BCUT2D eigenvalue weighted by molar-refractivity contribution is 8.13. The van der Waals surface area contributed by atoms with Gasteiger partial charge in [0.15, 0.2) is 0 Å². The van der Waals surface area contributed by atoms with Gasteiger partial charge in [0.25, 0.3) is 9.05 Å². The highest BCUT2D eigenvalue weighted by Crippen LogP contribution is 2.32. The molecule has 0 saturated heterocycles. The lowest BCUT2D eigenvalue weighted by molar-refractivity contribution is 0.475. The molecule has 74 valence electrons. The van der Waals surface area contributed by atoms with Gasteiger partial charge >= 0.3 is 0 Å². The third kappa shape index (κ3) is 1.93. The van der Waals surface area contributed by atoms with Crippen LogP contribution < -0.4 is 0 Å². The van der Waals surface area contributed by atoms with Crippen LogP contribution in [0, 0.1) is 11.3 Å². The Morgan fingerprint density at radius 3 is 2.43 bits per heavy atom. The van der Waals surface area contributed by atoms with Crippen LogP contribution in [0.2, 0.25) is 5.02 Å². The monoisotopic (exact) mass is 251 g/mol. The Hall–Kier alpha value is -0.960. The van der Waals surface area contributed by atoms with Crippen molar-refractivity contribution in [2.24, 2.45) is 0 Å². The van der Waals surface area contributed by atoms with E-state index in [0.717, 1.165) is 12.1 Å². The van der Waals surface area contributed by atoms with Crippen molar-refractivity contribution in [2.45, 2.75) is 4.90 Å². The van der Waals surface area contributed by atoms with Gasteiger partial charge in [-0.2, -0.15) is 5.26 Å². The number of benzene rings is 1. The molecule has 1 aromatic carbocycles. The lowest BCUT2D eigenvalue weighted by Crippen LogP contribution is -1.95. The average molecular weight is 252 g/mol. The molecule has 0 radical (unpaired) electrons. The van der Waals surface area contributed by atoms with Crippen LogP contribution in [0.15, 0.2) is 17.0 Å². The number of nitriles is 1. The first-order valence-corrected chi connectivity index (χ1v) is 5.93. The Bertz CT molecular complexity index is 518. The average Bonchev–Trinajstić information content (AvgIpc) is 2.07. The van der Waals surface area contributed by atoms with Crippen LogP contribution in [0.25, 0.3) is 0 Å². The van der Waals surface area contributed by atoms with E-state index in [4.69, 9.17) is 32.7 Å². The highest BCUT2D eigenvalue weighted by Gasteiger charge is 2.19. The second kappa shape index (κ2) is 3.65. The van der Waals surface area contributed by atoms with Crippen LogP contribution in [0.4, 0.5) is 0 Å². The van der Waals surface area contributed by atoms with E-state index in [1.165, 1.54) is 0 Å². The van der Waals surface area contributed by atoms with Crippen molar-refractivity contribution in [1.82, 2.24) is 0 Å². The molecule has 4 nitrogen and oxygen atoms in total. The van der Waals surface area contributed by atoms with E-state index in [1.807, 2.05) is 0 Å².